The van der Waals surface area contributed by atoms with E-state index in [0.717, 1.165) is 6.42 Å². The summed E-state index contributed by atoms with van der Waals surface area (Å²) in [4.78, 5) is 34.5. The third-order valence-corrected chi connectivity index (χ3v) is 3.44. The average molecular weight is 343 g/mol. The van der Waals surface area contributed by atoms with Gasteiger partial charge in [-0.1, -0.05) is 0 Å². The van der Waals surface area contributed by atoms with Gasteiger partial charge in [-0.05, 0) is 40.0 Å². The van der Waals surface area contributed by atoms with Crippen molar-refractivity contribution in [2.45, 2.75) is 64.1 Å². The number of piperidine rings is 1. The van der Waals surface area contributed by atoms with E-state index in [1.165, 1.54) is 0 Å². The number of nitrogens with one attached hydrogen (secondary N) is 3. The molecular weight excluding hydrogens is 314 g/mol. The summed E-state index contributed by atoms with van der Waals surface area (Å²) in [7, 11) is 1.60. The Kier molecular flexibility index (Phi) is 8.14. The van der Waals surface area contributed by atoms with E-state index < -0.39 is 11.7 Å². The monoisotopic (exact) mass is 343 g/mol. The second-order valence-electron chi connectivity index (χ2n) is 6.89. The third kappa shape index (κ3) is 8.26. The molecule has 3 N–H and O–H groups in total. The Labute approximate surface area is 143 Å². The Bertz CT molecular complexity index is 447. The SMILES string of the molecule is COCC(CCCNC(=O)OC(C)(C)C)NC1CCC(=O)NC1=O. The van der Waals surface area contributed by atoms with Gasteiger partial charge in [-0.15, -0.1) is 0 Å². The van der Waals surface area contributed by atoms with Gasteiger partial charge in [-0.3, -0.25) is 14.9 Å². The van der Waals surface area contributed by atoms with Crippen LogP contribution in [-0.4, -0.2) is 55.9 Å². The van der Waals surface area contributed by atoms with Gasteiger partial charge in [0.2, 0.25) is 11.8 Å². The second kappa shape index (κ2) is 9.58. The summed E-state index contributed by atoms with van der Waals surface area (Å²) < 4.78 is 10.3. The van der Waals surface area contributed by atoms with Gasteiger partial charge in [-0.2, -0.15) is 0 Å². The molecule has 0 aromatic heterocycles. The molecule has 8 heteroatoms. The van der Waals surface area contributed by atoms with E-state index in [2.05, 4.69) is 16.0 Å². The van der Waals surface area contributed by atoms with Crippen LogP contribution < -0.4 is 16.0 Å². The fourth-order valence-corrected chi connectivity index (χ4v) is 2.41. The molecule has 0 saturated carbocycles. The van der Waals surface area contributed by atoms with Crippen LogP contribution >= 0.6 is 0 Å². The third-order valence-electron chi connectivity index (χ3n) is 3.44. The van der Waals surface area contributed by atoms with Crippen LogP contribution in [0.4, 0.5) is 4.79 Å². The topological polar surface area (TPSA) is 106 Å². The number of carbonyl (C=O) groups is 3. The molecule has 0 radical (unpaired) electrons. The molecule has 3 amide bonds. The first-order chi connectivity index (χ1) is 11.2. The number of methoxy groups -OCH3 is 1. The fourth-order valence-electron chi connectivity index (χ4n) is 2.41. The quantitative estimate of drug-likeness (QED) is 0.442. The van der Waals surface area contributed by atoms with Gasteiger partial charge in [0.25, 0.3) is 0 Å². The zero-order valence-corrected chi connectivity index (χ0v) is 14.9. The van der Waals surface area contributed by atoms with Gasteiger partial charge in [0.05, 0.1) is 12.6 Å². The van der Waals surface area contributed by atoms with Crippen molar-refractivity contribution in [3.05, 3.63) is 0 Å². The highest BCUT2D eigenvalue weighted by Crippen LogP contribution is 2.09. The predicted octanol–water partition coefficient (Wildman–Crippen LogP) is 0.701. The lowest BCUT2D eigenvalue weighted by Gasteiger charge is -2.27. The highest BCUT2D eigenvalue weighted by Gasteiger charge is 2.28. The molecule has 1 saturated heterocycles. The number of carbonyl (C=O) groups excluding carboxylic acids is 3. The molecule has 0 aromatic rings. The van der Waals surface area contributed by atoms with Crippen molar-refractivity contribution in [3.8, 4) is 0 Å². The fraction of sp³-hybridized carbons (Fsp3) is 0.812. The second-order valence-corrected chi connectivity index (χ2v) is 6.89. The standard InChI is InChI=1S/C16H29N3O5/c1-16(2,3)24-15(22)17-9-5-6-11(10-23-4)18-12-7-8-13(20)19-14(12)21/h11-12,18H,5-10H2,1-4H3,(H,17,22)(H,19,20,21). The zero-order chi connectivity index (χ0) is 18.2. The number of hydrogen-bond acceptors (Lipinski definition) is 6. The van der Waals surface area contributed by atoms with E-state index in [4.69, 9.17) is 9.47 Å². The molecule has 1 aliphatic heterocycles. The van der Waals surface area contributed by atoms with Crippen LogP contribution in [0.2, 0.25) is 0 Å². The molecule has 0 aliphatic carbocycles. The summed E-state index contributed by atoms with van der Waals surface area (Å²) in [6.07, 6.45) is 1.82. The average Bonchev–Trinajstić information content (AvgIpc) is 2.44. The lowest BCUT2D eigenvalue weighted by molar-refractivity contribution is -0.135. The van der Waals surface area contributed by atoms with Crippen LogP contribution in [0.1, 0.15) is 46.5 Å². The minimum Gasteiger partial charge on any atom is -0.444 e. The van der Waals surface area contributed by atoms with Crippen LogP contribution in [0, 0.1) is 0 Å². The predicted molar refractivity (Wildman–Crippen MR) is 88.4 cm³/mol. The maximum Gasteiger partial charge on any atom is 0.407 e. The Hall–Kier alpha value is -1.67. The van der Waals surface area contributed by atoms with E-state index in [0.29, 0.717) is 32.4 Å². The molecule has 1 rings (SSSR count). The Morgan fingerprint density at radius 1 is 1.38 bits per heavy atom. The van der Waals surface area contributed by atoms with Crippen molar-refractivity contribution in [2.24, 2.45) is 0 Å². The van der Waals surface area contributed by atoms with E-state index in [-0.39, 0.29) is 23.9 Å². The van der Waals surface area contributed by atoms with Gasteiger partial charge in [0.15, 0.2) is 0 Å². The normalized spacial score (nSPS) is 19.6. The Balaban J connectivity index is 2.32. The van der Waals surface area contributed by atoms with Gasteiger partial charge >= 0.3 is 6.09 Å². The van der Waals surface area contributed by atoms with Crippen molar-refractivity contribution < 1.29 is 23.9 Å². The highest BCUT2D eigenvalue weighted by atomic mass is 16.6. The zero-order valence-electron chi connectivity index (χ0n) is 14.9. The van der Waals surface area contributed by atoms with E-state index in [1.54, 1.807) is 7.11 Å². The van der Waals surface area contributed by atoms with E-state index in [1.807, 2.05) is 20.8 Å². The van der Waals surface area contributed by atoms with E-state index in [9.17, 15) is 14.4 Å². The molecule has 0 aromatic carbocycles. The first-order valence-corrected chi connectivity index (χ1v) is 8.27. The highest BCUT2D eigenvalue weighted by molar-refractivity contribution is 6.00. The van der Waals surface area contributed by atoms with Gasteiger partial charge in [-0.25, -0.2) is 4.79 Å². The molecule has 2 atom stereocenters. The summed E-state index contributed by atoms with van der Waals surface area (Å²) in [6, 6.07) is -0.416. The van der Waals surface area contributed by atoms with Crippen LogP contribution in [0.3, 0.4) is 0 Å². The summed E-state index contributed by atoms with van der Waals surface area (Å²) in [5.41, 5.74) is -0.518. The number of alkyl carbamates (subject to hydrolysis) is 1. The summed E-state index contributed by atoms with van der Waals surface area (Å²) in [5, 5.41) is 8.25. The van der Waals surface area contributed by atoms with Crippen LogP contribution in [-0.2, 0) is 19.1 Å². The number of hydrogen-bond donors (Lipinski definition) is 3. The van der Waals surface area contributed by atoms with Crippen LogP contribution in [0.15, 0.2) is 0 Å². The summed E-state index contributed by atoms with van der Waals surface area (Å²) >= 11 is 0. The number of ether oxygens (including phenoxy) is 2. The maximum atomic E-state index is 11.8. The molecule has 2 unspecified atom stereocenters. The molecule has 24 heavy (non-hydrogen) atoms. The molecule has 0 bridgehead atoms. The number of rotatable bonds is 8. The first kappa shape index (κ1) is 20.4. The lowest BCUT2D eigenvalue weighted by atomic mass is 10.0. The maximum absolute atomic E-state index is 11.8. The molecule has 1 aliphatic rings. The lowest BCUT2D eigenvalue weighted by Crippen LogP contribution is -2.54. The molecule has 8 nitrogen and oxygen atoms in total. The molecule has 1 heterocycles. The molecule has 138 valence electrons. The van der Waals surface area contributed by atoms with Crippen molar-refractivity contribution >= 4 is 17.9 Å². The minimum atomic E-state index is -0.518. The van der Waals surface area contributed by atoms with Crippen LogP contribution in [0.25, 0.3) is 0 Å². The van der Waals surface area contributed by atoms with Crippen molar-refractivity contribution in [3.63, 3.8) is 0 Å². The molecule has 0 spiro atoms. The van der Waals surface area contributed by atoms with E-state index >= 15 is 0 Å². The molecule has 1 fully saturated rings. The van der Waals surface area contributed by atoms with Crippen molar-refractivity contribution in [1.29, 1.82) is 0 Å². The Morgan fingerprint density at radius 3 is 2.67 bits per heavy atom. The largest absolute Gasteiger partial charge is 0.444 e. The number of imide groups is 1. The van der Waals surface area contributed by atoms with Crippen molar-refractivity contribution in [1.82, 2.24) is 16.0 Å². The minimum absolute atomic E-state index is 0.0283. The first-order valence-electron chi connectivity index (χ1n) is 8.27. The number of amides is 3. The smallest absolute Gasteiger partial charge is 0.407 e. The van der Waals surface area contributed by atoms with Gasteiger partial charge < -0.3 is 20.1 Å². The van der Waals surface area contributed by atoms with Gasteiger partial charge in [0, 0.05) is 26.1 Å². The Morgan fingerprint density at radius 2 is 2.08 bits per heavy atom. The van der Waals surface area contributed by atoms with Crippen LogP contribution in [0.5, 0.6) is 0 Å². The summed E-state index contributed by atoms with van der Waals surface area (Å²) in [6.45, 7) is 6.36. The van der Waals surface area contributed by atoms with Gasteiger partial charge in [0.1, 0.15) is 5.60 Å². The molecular formula is C16H29N3O5. The summed E-state index contributed by atoms with van der Waals surface area (Å²) in [5.74, 6) is -0.526. The van der Waals surface area contributed by atoms with Crippen molar-refractivity contribution in [2.75, 3.05) is 20.3 Å².